The van der Waals surface area contributed by atoms with Gasteiger partial charge < -0.3 is 5.32 Å². The van der Waals surface area contributed by atoms with Crippen molar-refractivity contribution in [3.8, 4) is 0 Å². The van der Waals surface area contributed by atoms with Gasteiger partial charge in [-0.2, -0.15) is 13.2 Å². The van der Waals surface area contributed by atoms with Gasteiger partial charge in [0.25, 0.3) is 0 Å². The molecule has 0 fully saturated rings. The highest BCUT2D eigenvalue weighted by molar-refractivity contribution is 5.26. The van der Waals surface area contributed by atoms with Crippen molar-refractivity contribution in [3.63, 3.8) is 0 Å². The number of nitrogens with one attached hydrogen (secondary N) is 1. The first-order valence-electron chi connectivity index (χ1n) is 6.36. The minimum Gasteiger partial charge on any atom is -0.316 e. The Bertz CT molecular complexity index is 424. The molecule has 0 radical (unpaired) electrons. The standard InChI is InChI=1S/C15H20F3N/c1-4-11(2)8-14(19-3)10-12-6-5-7-13(9-12)15(16,17)18/h5-7,9,14,19H,2,4,8,10H2,1,3H3. The molecule has 19 heavy (non-hydrogen) atoms. The lowest BCUT2D eigenvalue weighted by Gasteiger charge is -2.18. The van der Waals surface area contributed by atoms with E-state index in [1.807, 2.05) is 14.0 Å². The molecule has 0 saturated heterocycles. The zero-order valence-corrected chi connectivity index (χ0v) is 11.3. The van der Waals surface area contributed by atoms with E-state index >= 15 is 0 Å². The Kier molecular flexibility index (Phi) is 5.60. The second-order valence-corrected chi connectivity index (χ2v) is 4.70. The van der Waals surface area contributed by atoms with E-state index in [-0.39, 0.29) is 6.04 Å². The van der Waals surface area contributed by atoms with Crippen LogP contribution in [-0.4, -0.2) is 13.1 Å². The fourth-order valence-electron chi connectivity index (χ4n) is 1.93. The molecule has 1 unspecified atom stereocenters. The summed E-state index contributed by atoms with van der Waals surface area (Å²) in [5.41, 5.74) is 1.21. The Morgan fingerprint density at radius 3 is 2.58 bits per heavy atom. The topological polar surface area (TPSA) is 12.0 Å². The van der Waals surface area contributed by atoms with Gasteiger partial charge in [0, 0.05) is 6.04 Å². The Hall–Kier alpha value is -1.29. The lowest BCUT2D eigenvalue weighted by atomic mass is 9.97. The molecule has 0 aliphatic carbocycles. The molecule has 1 rings (SSSR count). The van der Waals surface area contributed by atoms with Crippen LogP contribution in [0.15, 0.2) is 36.4 Å². The summed E-state index contributed by atoms with van der Waals surface area (Å²) in [5.74, 6) is 0. The molecule has 1 nitrogen and oxygen atoms in total. The van der Waals surface area contributed by atoms with Crippen molar-refractivity contribution in [2.75, 3.05) is 7.05 Å². The molecule has 0 aliphatic rings. The van der Waals surface area contributed by atoms with Crippen LogP contribution < -0.4 is 5.32 Å². The quantitative estimate of drug-likeness (QED) is 0.765. The first-order valence-corrected chi connectivity index (χ1v) is 6.36. The molecule has 0 amide bonds. The van der Waals surface area contributed by atoms with Crippen LogP contribution in [-0.2, 0) is 12.6 Å². The predicted molar refractivity (Wildman–Crippen MR) is 72.0 cm³/mol. The first kappa shape index (κ1) is 15.8. The maximum atomic E-state index is 12.6. The van der Waals surface area contributed by atoms with Crippen LogP contribution in [0, 0.1) is 0 Å². The summed E-state index contributed by atoms with van der Waals surface area (Å²) in [6.07, 6.45) is -2.04. The SMILES string of the molecule is C=C(CC)CC(Cc1cccc(C(F)(F)F)c1)NC. The van der Waals surface area contributed by atoms with Crippen LogP contribution in [0.5, 0.6) is 0 Å². The van der Waals surface area contributed by atoms with Crippen LogP contribution in [0.2, 0.25) is 0 Å². The Labute approximate surface area is 112 Å². The normalized spacial score (nSPS) is 13.3. The number of alkyl halides is 3. The molecule has 0 bridgehead atoms. The van der Waals surface area contributed by atoms with E-state index in [4.69, 9.17) is 0 Å². The minimum atomic E-state index is -4.28. The lowest BCUT2D eigenvalue weighted by Crippen LogP contribution is -2.28. The molecule has 0 heterocycles. The summed E-state index contributed by atoms with van der Waals surface area (Å²) in [6, 6.07) is 5.63. The van der Waals surface area contributed by atoms with E-state index in [9.17, 15) is 13.2 Å². The van der Waals surface area contributed by atoms with Gasteiger partial charge in [-0.1, -0.05) is 37.3 Å². The van der Waals surface area contributed by atoms with Gasteiger partial charge in [0.05, 0.1) is 5.56 Å². The van der Waals surface area contributed by atoms with Crippen molar-refractivity contribution in [3.05, 3.63) is 47.5 Å². The molecule has 1 atom stereocenters. The monoisotopic (exact) mass is 271 g/mol. The van der Waals surface area contributed by atoms with Crippen molar-refractivity contribution < 1.29 is 13.2 Å². The molecule has 0 aliphatic heterocycles. The zero-order chi connectivity index (χ0) is 14.5. The van der Waals surface area contributed by atoms with E-state index in [1.54, 1.807) is 6.07 Å². The Morgan fingerprint density at radius 2 is 2.05 bits per heavy atom. The van der Waals surface area contributed by atoms with Gasteiger partial charge in [0.2, 0.25) is 0 Å². The van der Waals surface area contributed by atoms with Crippen molar-refractivity contribution in [1.82, 2.24) is 5.32 Å². The molecule has 0 aromatic heterocycles. The fraction of sp³-hybridized carbons (Fsp3) is 0.467. The fourth-order valence-corrected chi connectivity index (χ4v) is 1.93. The maximum absolute atomic E-state index is 12.6. The van der Waals surface area contributed by atoms with Gasteiger partial charge in [-0.25, -0.2) is 0 Å². The molecule has 1 aromatic rings. The van der Waals surface area contributed by atoms with Crippen LogP contribution in [0.1, 0.15) is 30.9 Å². The molecule has 106 valence electrons. The summed E-state index contributed by atoms with van der Waals surface area (Å²) in [4.78, 5) is 0. The van der Waals surface area contributed by atoms with Gasteiger partial charge in [0.1, 0.15) is 0 Å². The third-order valence-corrected chi connectivity index (χ3v) is 3.18. The minimum absolute atomic E-state index is 0.121. The van der Waals surface area contributed by atoms with Crippen LogP contribution in [0.25, 0.3) is 0 Å². The highest BCUT2D eigenvalue weighted by atomic mass is 19.4. The maximum Gasteiger partial charge on any atom is 0.416 e. The van der Waals surface area contributed by atoms with Gasteiger partial charge in [-0.3, -0.25) is 0 Å². The molecular formula is C15H20F3N. The van der Waals surface area contributed by atoms with Gasteiger partial charge in [-0.05, 0) is 37.9 Å². The third kappa shape index (κ3) is 5.07. The van der Waals surface area contributed by atoms with Crippen LogP contribution >= 0.6 is 0 Å². The van der Waals surface area contributed by atoms with Gasteiger partial charge in [0.15, 0.2) is 0 Å². The summed E-state index contributed by atoms with van der Waals surface area (Å²) >= 11 is 0. The Balaban J connectivity index is 2.77. The van der Waals surface area contributed by atoms with E-state index in [1.165, 1.54) is 12.1 Å². The highest BCUT2D eigenvalue weighted by Crippen LogP contribution is 2.29. The first-order chi connectivity index (χ1) is 8.86. The van der Waals surface area contributed by atoms with Gasteiger partial charge >= 0.3 is 6.18 Å². The summed E-state index contributed by atoms with van der Waals surface area (Å²) in [7, 11) is 1.82. The molecule has 1 aromatic carbocycles. The molecule has 0 spiro atoms. The molecular weight excluding hydrogens is 251 g/mol. The highest BCUT2D eigenvalue weighted by Gasteiger charge is 2.30. The van der Waals surface area contributed by atoms with Crippen LogP contribution in [0.4, 0.5) is 13.2 Å². The summed E-state index contributed by atoms with van der Waals surface area (Å²) in [5, 5.41) is 3.13. The van der Waals surface area contributed by atoms with Crippen molar-refractivity contribution in [1.29, 1.82) is 0 Å². The molecule has 4 heteroatoms. The summed E-state index contributed by atoms with van der Waals surface area (Å²) in [6.45, 7) is 5.97. The van der Waals surface area contributed by atoms with Crippen molar-refractivity contribution in [2.45, 2.75) is 38.4 Å². The van der Waals surface area contributed by atoms with E-state index in [0.717, 1.165) is 24.5 Å². The second-order valence-electron chi connectivity index (χ2n) is 4.70. The lowest BCUT2D eigenvalue weighted by molar-refractivity contribution is -0.137. The average molecular weight is 271 g/mol. The summed E-state index contributed by atoms with van der Waals surface area (Å²) < 4.78 is 37.9. The smallest absolute Gasteiger partial charge is 0.316 e. The van der Waals surface area contributed by atoms with Crippen molar-refractivity contribution >= 4 is 0 Å². The number of likely N-dealkylation sites (N-methyl/N-ethyl adjacent to an activating group) is 1. The third-order valence-electron chi connectivity index (χ3n) is 3.18. The zero-order valence-electron chi connectivity index (χ0n) is 11.3. The van der Waals surface area contributed by atoms with E-state index in [0.29, 0.717) is 12.0 Å². The Morgan fingerprint density at radius 1 is 1.37 bits per heavy atom. The van der Waals surface area contributed by atoms with Gasteiger partial charge in [-0.15, -0.1) is 0 Å². The second kappa shape index (κ2) is 6.75. The largest absolute Gasteiger partial charge is 0.416 e. The molecule has 0 saturated carbocycles. The number of hydrogen-bond acceptors (Lipinski definition) is 1. The number of halogens is 3. The molecule has 1 N–H and O–H groups in total. The van der Waals surface area contributed by atoms with E-state index in [2.05, 4.69) is 11.9 Å². The van der Waals surface area contributed by atoms with Crippen molar-refractivity contribution in [2.24, 2.45) is 0 Å². The number of hydrogen-bond donors (Lipinski definition) is 1. The predicted octanol–water partition coefficient (Wildman–Crippen LogP) is 4.19. The number of rotatable bonds is 6. The number of benzene rings is 1. The van der Waals surface area contributed by atoms with E-state index < -0.39 is 11.7 Å². The van der Waals surface area contributed by atoms with Crippen LogP contribution in [0.3, 0.4) is 0 Å². The average Bonchev–Trinajstić information content (AvgIpc) is 2.37.